The molecule has 4 rings (SSSR count). The summed E-state index contributed by atoms with van der Waals surface area (Å²) in [6.07, 6.45) is 1.60. The fraction of sp³-hybridized carbons (Fsp3) is 0.0588. The maximum absolute atomic E-state index is 12.3. The Morgan fingerprint density at radius 2 is 1.96 bits per heavy atom. The van der Waals surface area contributed by atoms with Crippen LogP contribution in [0.3, 0.4) is 0 Å². The zero-order valence-corrected chi connectivity index (χ0v) is 15.2. The minimum absolute atomic E-state index is 0.0245. The molecule has 0 N–H and O–H groups in total. The van der Waals surface area contributed by atoms with E-state index in [0.717, 1.165) is 4.47 Å². The van der Waals surface area contributed by atoms with E-state index in [2.05, 4.69) is 31.2 Å². The van der Waals surface area contributed by atoms with Crippen molar-refractivity contribution in [1.29, 1.82) is 0 Å². The van der Waals surface area contributed by atoms with Crippen LogP contribution >= 0.6 is 27.7 Å². The van der Waals surface area contributed by atoms with E-state index in [1.165, 1.54) is 11.8 Å². The highest BCUT2D eigenvalue weighted by molar-refractivity contribution is 9.10. The van der Waals surface area contributed by atoms with Gasteiger partial charge in [0.15, 0.2) is 17.2 Å². The molecule has 0 spiro atoms. The van der Waals surface area contributed by atoms with Crippen LogP contribution in [-0.2, 0) is 0 Å². The first kappa shape index (κ1) is 16.0. The van der Waals surface area contributed by atoms with Gasteiger partial charge in [0.2, 0.25) is 5.16 Å². The van der Waals surface area contributed by atoms with Crippen LogP contribution in [0.5, 0.6) is 0 Å². The SMILES string of the molecule is O=C(CSc1nnc2ccc(-c3ccco3)nn12)c1ccc(Br)cc1. The summed E-state index contributed by atoms with van der Waals surface area (Å²) in [6.45, 7) is 0. The Hall–Kier alpha value is -2.45. The number of furan rings is 1. The number of Topliss-reactive ketones (excluding diaryl/α,β-unsaturated/α-hetero) is 1. The molecule has 3 heterocycles. The fourth-order valence-corrected chi connectivity index (χ4v) is 3.31. The van der Waals surface area contributed by atoms with E-state index < -0.39 is 0 Å². The van der Waals surface area contributed by atoms with Crippen LogP contribution in [0.2, 0.25) is 0 Å². The van der Waals surface area contributed by atoms with Gasteiger partial charge in [-0.15, -0.1) is 10.2 Å². The van der Waals surface area contributed by atoms with Crippen molar-refractivity contribution >= 4 is 39.1 Å². The molecule has 3 aromatic heterocycles. The zero-order chi connectivity index (χ0) is 17.2. The van der Waals surface area contributed by atoms with Crippen LogP contribution < -0.4 is 0 Å². The monoisotopic (exact) mass is 414 g/mol. The fourth-order valence-electron chi connectivity index (χ4n) is 2.26. The summed E-state index contributed by atoms with van der Waals surface area (Å²) in [5, 5.41) is 13.3. The van der Waals surface area contributed by atoms with Gasteiger partial charge in [0, 0.05) is 10.0 Å². The van der Waals surface area contributed by atoms with Crippen molar-refractivity contribution < 1.29 is 9.21 Å². The molecule has 0 saturated carbocycles. The summed E-state index contributed by atoms with van der Waals surface area (Å²) in [5.41, 5.74) is 1.96. The summed E-state index contributed by atoms with van der Waals surface area (Å²) in [7, 11) is 0. The number of benzene rings is 1. The highest BCUT2D eigenvalue weighted by Gasteiger charge is 2.13. The second-order valence-corrected chi connectivity index (χ2v) is 7.03. The molecule has 0 amide bonds. The normalized spacial score (nSPS) is 11.1. The molecule has 1 aromatic carbocycles. The Kier molecular flexibility index (Phi) is 4.37. The number of hydrogen-bond donors (Lipinski definition) is 0. The van der Waals surface area contributed by atoms with Gasteiger partial charge in [-0.1, -0.05) is 39.8 Å². The molecule has 124 valence electrons. The second-order valence-electron chi connectivity index (χ2n) is 5.17. The summed E-state index contributed by atoms with van der Waals surface area (Å²) in [5.74, 6) is 0.948. The Morgan fingerprint density at radius 3 is 2.72 bits per heavy atom. The number of halogens is 1. The predicted octanol–water partition coefficient (Wildman–Crippen LogP) is 4.12. The average Bonchev–Trinajstić information content (AvgIpc) is 3.30. The molecule has 0 aliphatic carbocycles. The van der Waals surface area contributed by atoms with Gasteiger partial charge >= 0.3 is 0 Å². The van der Waals surface area contributed by atoms with Crippen molar-refractivity contribution in [3.05, 3.63) is 64.8 Å². The van der Waals surface area contributed by atoms with E-state index in [9.17, 15) is 4.79 Å². The number of nitrogens with zero attached hydrogens (tertiary/aromatic N) is 4. The maximum atomic E-state index is 12.3. The van der Waals surface area contributed by atoms with Gasteiger partial charge in [-0.25, -0.2) is 0 Å². The van der Waals surface area contributed by atoms with Gasteiger partial charge in [0.1, 0.15) is 5.69 Å². The third kappa shape index (κ3) is 3.35. The lowest BCUT2D eigenvalue weighted by molar-refractivity contribution is 0.102. The quantitative estimate of drug-likeness (QED) is 0.361. The van der Waals surface area contributed by atoms with Gasteiger partial charge in [-0.3, -0.25) is 4.79 Å². The second kappa shape index (κ2) is 6.81. The largest absolute Gasteiger partial charge is 0.463 e. The molecule has 6 nitrogen and oxygen atoms in total. The van der Waals surface area contributed by atoms with Crippen molar-refractivity contribution in [3.8, 4) is 11.5 Å². The van der Waals surface area contributed by atoms with E-state index in [1.807, 2.05) is 30.3 Å². The van der Waals surface area contributed by atoms with Crippen LogP contribution in [0.4, 0.5) is 0 Å². The molecule has 0 bridgehead atoms. The highest BCUT2D eigenvalue weighted by Crippen LogP contribution is 2.22. The number of fused-ring (bicyclic) bond motifs is 1. The zero-order valence-electron chi connectivity index (χ0n) is 12.8. The predicted molar refractivity (Wildman–Crippen MR) is 97.7 cm³/mol. The lowest BCUT2D eigenvalue weighted by Gasteiger charge is -2.02. The van der Waals surface area contributed by atoms with Crippen molar-refractivity contribution in [3.63, 3.8) is 0 Å². The van der Waals surface area contributed by atoms with E-state index in [4.69, 9.17) is 4.42 Å². The van der Waals surface area contributed by atoms with Crippen molar-refractivity contribution in [2.45, 2.75) is 5.16 Å². The molecule has 4 aromatic rings. The van der Waals surface area contributed by atoms with E-state index >= 15 is 0 Å². The first-order chi connectivity index (χ1) is 12.2. The molecule has 0 aliphatic rings. The molecule has 0 unspecified atom stereocenters. The molecular formula is C17H11BrN4O2S. The summed E-state index contributed by atoms with van der Waals surface area (Å²) in [6, 6.07) is 14.6. The maximum Gasteiger partial charge on any atom is 0.212 e. The summed E-state index contributed by atoms with van der Waals surface area (Å²) >= 11 is 4.67. The Balaban J connectivity index is 1.56. The first-order valence-corrected chi connectivity index (χ1v) is 9.16. The number of hydrogen-bond acceptors (Lipinski definition) is 6. The van der Waals surface area contributed by atoms with Gasteiger partial charge in [0.05, 0.1) is 12.0 Å². The molecular weight excluding hydrogens is 404 g/mol. The summed E-state index contributed by atoms with van der Waals surface area (Å²) in [4.78, 5) is 12.3. The molecule has 0 fully saturated rings. The Morgan fingerprint density at radius 1 is 1.12 bits per heavy atom. The molecule has 0 saturated heterocycles. The molecule has 0 atom stereocenters. The van der Waals surface area contributed by atoms with Crippen molar-refractivity contribution in [2.24, 2.45) is 0 Å². The van der Waals surface area contributed by atoms with Gasteiger partial charge in [-0.05, 0) is 36.4 Å². The van der Waals surface area contributed by atoms with Crippen LogP contribution in [0, 0.1) is 0 Å². The molecule has 0 aliphatic heterocycles. The van der Waals surface area contributed by atoms with Crippen LogP contribution in [-0.4, -0.2) is 31.3 Å². The Labute approximate surface area is 155 Å². The number of carbonyl (C=O) groups excluding carboxylic acids is 1. The first-order valence-electron chi connectivity index (χ1n) is 7.38. The molecule has 8 heteroatoms. The van der Waals surface area contributed by atoms with Gasteiger partial charge in [-0.2, -0.15) is 9.61 Å². The minimum atomic E-state index is 0.0245. The number of rotatable bonds is 5. The Bertz CT molecular complexity index is 1030. The van der Waals surface area contributed by atoms with Crippen LogP contribution in [0.25, 0.3) is 17.1 Å². The standard InChI is InChI=1S/C17H11BrN4O2S/c18-12-5-3-11(4-6-12)14(23)10-25-17-20-19-16-8-7-13(21-22(16)17)15-2-1-9-24-15/h1-9H,10H2. The third-order valence-electron chi connectivity index (χ3n) is 3.51. The average molecular weight is 415 g/mol. The highest BCUT2D eigenvalue weighted by atomic mass is 79.9. The van der Waals surface area contributed by atoms with E-state index in [1.54, 1.807) is 29.0 Å². The van der Waals surface area contributed by atoms with E-state index in [0.29, 0.717) is 27.8 Å². The summed E-state index contributed by atoms with van der Waals surface area (Å²) < 4.78 is 7.93. The smallest absolute Gasteiger partial charge is 0.212 e. The minimum Gasteiger partial charge on any atom is -0.463 e. The number of aromatic nitrogens is 4. The number of carbonyl (C=O) groups is 1. The van der Waals surface area contributed by atoms with Crippen molar-refractivity contribution in [1.82, 2.24) is 19.8 Å². The van der Waals surface area contributed by atoms with Gasteiger partial charge in [0.25, 0.3) is 0 Å². The van der Waals surface area contributed by atoms with Crippen LogP contribution in [0.1, 0.15) is 10.4 Å². The lowest BCUT2D eigenvalue weighted by Crippen LogP contribution is -2.03. The third-order valence-corrected chi connectivity index (χ3v) is 4.95. The van der Waals surface area contributed by atoms with Crippen molar-refractivity contribution in [2.75, 3.05) is 5.75 Å². The van der Waals surface area contributed by atoms with E-state index in [-0.39, 0.29) is 11.5 Å². The molecule has 25 heavy (non-hydrogen) atoms. The topological polar surface area (TPSA) is 73.3 Å². The van der Waals surface area contributed by atoms with Gasteiger partial charge < -0.3 is 4.42 Å². The number of ketones is 1. The number of thioether (sulfide) groups is 1. The van der Waals surface area contributed by atoms with Crippen LogP contribution in [0.15, 0.2) is 68.8 Å². The molecule has 0 radical (unpaired) electrons. The lowest BCUT2D eigenvalue weighted by atomic mass is 10.2.